The second-order valence-corrected chi connectivity index (χ2v) is 37.9. The second-order valence-electron chi connectivity index (χ2n) is 35.0. The number of ether oxygens (including phenoxy) is 3. The van der Waals surface area contributed by atoms with Gasteiger partial charge in [-0.25, -0.2) is 9.13 Å². The second kappa shape index (κ2) is 102. The highest BCUT2D eigenvalue weighted by atomic mass is 31.2. The smallest absolute Gasteiger partial charge is 0.463 e. The van der Waals surface area contributed by atoms with Crippen molar-refractivity contribution in [3.8, 4) is 0 Å². The number of allylic oxidation sites excluding steroid dienone is 28. The van der Waals surface area contributed by atoms with Gasteiger partial charge in [0.1, 0.15) is 25.4 Å². The molecule has 0 saturated carbocycles. The Balaban J connectivity index is 4.54. The first-order valence-electron chi connectivity index (χ1n) is 52.4. The van der Waals surface area contributed by atoms with E-state index in [1.807, 2.05) is 0 Å². The van der Waals surface area contributed by atoms with Crippen LogP contribution in [0.2, 0.25) is 0 Å². The predicted octanol–water partition coefficient (Wildman–Crippen LogP) is 33.3. The van der Waals surface area contributed by atoms with Crippen molar-refractivity contribution in [2.45, 2.75) is 476 Å². The summed E-state index contributed by atoms with van der Waals surface area (Å²) in [5, 5.41) is 20.8. The molecule has 0 aliphatic carbocycles. The molecule has 16 nitrogen and oxygen atoms in total. The Bertz CT molecular complexity index is 3030. The lowest BCUT2D eigenvalue weighted by Gasteiger charge is -2.21. The van der Waals surface area contributed by atoms with E-state index in [4.69, 9.17) is 32.3 Å². The summed E-state index contributed by atoms with van der Waals surface area (Å²) in [4.78, 5) is 59.2. The van der Waals surface area contributed by atoms with Gasteiger partial charge in [-0.1, -0.05) is 448 Å². The molecule has 5 unspecified atom stereocenters. The Kier molecular flexibility index (Phi) is 97.8. The Hall–Kier alpha value is -5.09. The molecule has 0 aromatic heterocycles. The monoisotopic (exact) mass is 1840 g/mol. The maximum Gasteiger partial charge on any atom is 0.472 e. The van der Waals surface area contributed by atoms with Crippen LogP contribution < -0.4 is 0 Å². The van der Waals surface area contributed by atoms with Crippen molar-refractivity contribution in [1.29, 1.82) is 0 Å². The van der Waals surface area contributed by atoms with Crippen LogP contribution in [0, 0.1) is 0 Å². The molecule has 0 aliphatic rings. The Morgan fingerprint density at radius 2 is 0.411 bits per heavy atom. The zero-order valence-electron chi connectivity index (χ0n) is 82.3. The summed E-state index contributed by atoms with van der Waals surface area (Å²) in [6, 6.07) is 0. The zero-order chi connectivity index (χ0) is 93.5. The molecule has 742 valence electrons. The minimum atomic E-state index is -4.95. The molecule has 0 aromatic rings. The van der Waals surface area contributed by atoms with Gasteiger partial charge in [-0.3, -0.25) is 32.5 Å². The predicted molar refractivity (Wildman–Crippen MR) is 546 cm³/mol. The number of carbonyl (C=O) groups is 3. The van der Waals surface area contributed by atoms with Crippen molar-refractivity contribution in [2.24, 2.45) is 0 Å². The molecule has 5 atom stereocenters. The third-order valence-corrected chi connectivity index (χ3v) is 24.3. The number of rotatable bonds is 99. The molecule has 0 aliphatic heterocycles. The number of aliphatic hydroxyl groups excluding tert-OH is 2. The van der Waals surface area contributed by atoms with Crippen LogP contribution in [-0.2, 0) is 55.8 Å². The van der Waals surface area contributed by atoms with Gasteiger partial charge in [-0.2, -0.15) is 0 Å². The Morgan fingerprint density at radius 3 is 0.651 bits per heavy atom. The van der Waals surface area contributed by atoms with Gasteiger partial charge in [0, 0.05) is 19.3 Å². The van der Waals surface area contributed by atoms with Gasteiger partial charge in [0.05, 0.1) is 26.4 Å². The maximum absolute atomic E-state index is 13.1. The highest BCUT2D eigenvalue weighted by molar-refractivity contribution is 7.47. The number of aliphatic hydroxyl groups is 2. The fraction of sp³-hybridized carbons (Fsp3) is 0.721. The number of carbonyl (C=O) groups excluding carboxylic acids is 3. The molecule has 0 amide bonds. The molecule has 0 rings (SSSR count). The molecule has 0 heterocycles. The molecule has 0 fully saturated rings. The minimum absolute atomic E-state index is 0.0911. The summed E-state index contributed by atoms with van der Waals surface area (Å²) < 4.78 is 61.7. The van der Waals surface area contributed by atoms with Crippen molar-refractivity contribution in [1.82, 2.24) is 0 Å². The average molecular weight is 1840 g/mol. The quantitative estimate of drug-likeness (QED) is 0.0146. The summed E-state index contributed by atoms with van der Waals surface area (Å²) >= 11 is 0. The van der Waals surface area contributed by atoms with E-state index >= 15 is 0 Å². The van der Waals surface area contributed by atoms with Gasteiger partial charge in [0.25, 0.3) is 0 Å². The van der Waals surface area contributed by atoms with Crippen LogP contribution in [0.15, 0.2) is 170 Å². The largest absolute Gasteiger partial charge is 0.472 e. The maximum atomic E-state index is 13.1. The van der Waals surface area contributed by atoms with Gasteiger partial charge in [-0.15, -0.1) is 0 Å². The fourth-order valence-electron chi connectivity index (χ4n) is 14.5. The lowest BCUT2D eigenvalue weighted by Crippen LogP contribution is -2.30. The third-order valence-electron chi connectivity index (χ3n) is 22.4. The van der Waals surface area contributed by atoms with Gasteiger partial charge in [0.15, 0.2) is 6.10 Å². The van der Waals surface area contributed by atoms with Crippen molar-refractivity contribution in [2.75, 3.05) is 39.6 Å². The van der Waals surface area contributed by atoms with E-state index in [-0.39, 0.29) is 19.3 Å². The number of hydrogen-bond acceptors (Lipinski definition) is 14. The van der Waals surface area contributed by atoms with E-state index in [0.29, 0.717) is 19.3 Å². The molecular formula is C111H192O16P2. The molecule has 4 N–H and O–H groups in total. The Morgan fingerprint density at radius 1 is 0.225 bits per heavy atom. The van der Waals surface area contributed by atoms with Gasteiger partial charge < -0.3 is 34.2 Å². The molecule has 18 heteroatoms. The number of unbranched alkanes of at least 4 members (excludes halogenated alkanes) is 48. The summed E-state index contributed by atoms with van der Waals surface area (Å²) in [5.41, 5.74) is 0. The summed E-state index contributed by atoms with van der Waals surface area (Å²) in [6.07, 6.45) is 134. The van der Waals surface area contributed by atoms with E-state index in [0.717, 1.165) is 161 Å². The van der Waals surface area contributed by atoms with Crippen LogP contribution in [0.1, 0.15) is 457 Å². The number of phosphoric ester groups is 2. The standard InChI is InChI=1S/C111H192O16P2/c1-4-7-10-13-16-19-22-25-28-31-34-37-40-42-44-46-48-50-52-54-56-58-60-62-65-67-70-73-76-79-82-85-88-91-94-97-109(114)121-100-106(112)101-123-128(117,118)124-102-107(113)103-125-129(119,120)126-105-108(127-111(116)99-96-93-90-87-84-81-78-75-72-69-64-39-36-33-30-27-24-21-18-15-12-9-6-3)104-122-110(115)98-95-92-89-86-83-80-77-74-71-68-66-63-61-59-57-55-53-51-49-47-45-43-41-38-35-32-29-26-23-20-17-14-11-8-5-2/h7,10,16-21,25-30,34-39,42-45,48,50,69,72,106-108,112-113H,4-6,8-9,11-15,22-24,31-33,40-41,46-47,49,51-68,70-71,73-105H2,1-3H3,(H,117,118)(H,119,120)/b10-7-,19-16-,20-17-,21-18-,28-25-,29-26-,30-27-,37-34-,38-35-,39-36-,44-42-,45-43-,50-48-,72-69-. The first-order valence-corrected chi connectivity index (χ1v) is 55.4. The van der Waals surface area contributed by atoms with Crippen molar-refractivity contribution >= 4 is 33.6 Å². The third kappa shape index (κ3) is 103. The number of hydrogen-bond donors (Lipinski definition) is 4. The first-order chi connectivity index (χ1) is 63.2. The van der Waals surface area contributed by atoms with E-state index in [1.165, 1.54) is 238 Å². The fourth-order valence-corrected chi connectivity index (χ4v) is 16.1. The highest BCUT2D eigenvalue weighted by Gasteiger charge is 2.30. The van der Waals surface area contributed by atoms with Crippen LogP contribution in [0.3, 0.4) is 0 Å². The summed E-state index contributed by atoms with van der Waals surface area (Å²) in [7, 11) is -9.82. The SMILES string of the molecule is CC/C=C\C/C=C\C/C=C\C/C=C\C/C=C\C/C=C\CCCCCCCCCCCCCCCCCCC(=O)OCC(O)COP(=O)(O)OCC(O)COP(=O)(O)OCC(COC(=O)CCCCCCCCCCCCCCCCCCCCC/C=C\C/C=C\C/C=C\C/C=C\CCCCC)OC(=O)CCCCCCCCC/C=C\C/C=C\C/C=C\C/C=C\CCCCC. The Labute approximate surface area is 790 Å². The van der Waals surface area contributed by atoms with Crippen LogP contribution in [0.5, 0.6) is 0 Å². The lowest BCUT2D eigenvalue weighted by atomic mass is 10.0. The highest BCUT2D eigenvalue weighted by Crippen LogP contribution is 2.45. The normalized spacial score (nSPS) is 14.3. The van der Waals surface area contributed by atoms with Crippen molar-refractivity contribution in [3.63, 3.8) is 0 Å². The minimum Gasteiger partial charge on any atom is -0.463 e. The number of phosphoric acid groups is 2. The van der Waals surface area contributed by atoms with Gasteiger partial charge in [-0.05, 0) is 161 Å². The topological polar surface area (TPSA) is 231 Å². The van der Waals surface area contributed by atoms with Gasteiger partial charge in [0.2, 0.25) is 0 Å². The molecule has 129 heavy (non-hydrogen) atoms. The lowest BCUT2D eigenvalue weighted by molar-refractivity contribution is -0.161. The molecule has 0 aromatic carbocycles. The van der Waals surface area contributed by atoms with E-state index in [9.17, 15) is 43.5 Å². The summed E-state index contributed by atoms with van der Waals surface area (Å²) in [6.45, 7) is 2.58. The van der Waals surface area contributed by atoms with Crippen molar-refractivity contribution < 1.29 is 75.8 Å². The number of esters is 3. The molecule has 0 saturated heterocycles. The van der Waals surface area contributed by atoms with Gasteiger partial charge >= 0.3 is 33.6 Å². The van der Waals surface area contributed by atoms with Crippen LogP contribution in [-0.4, -0.2) is 95.9 Å². The molecule has 0 spiro atoms. The molecule has 0 radical (unpaired) electrons. The van der Waals surface area contributed by atoms with Crippen molar-refractivity contribution in [3.05, 3.63) is 170 Å². The van der Waals surface area contributed by atoms with E-state index in [1.54, 1.807) is 0 Å². The molecular weight excluding hydrogens is 1650 g/mol. The van der Waals surface area contributed by atoms with E-state index < -0.39 is 91.5 Å². The van der Waals surface area contributed by atoms with Crippen LogP contribution in [0.25, 0.3) is 0 Å². The zero-order valence-corrected chi connectivity index (χ0v) is 84.1. The van der Waals surface area contributed by atoms with E-state index in [2.05, 4.69) is 191 Å². The molecule has 0 bridgehead atoms. The first kappa shape index (κ1) is 124. The van der Waals surface area contributed by atoms with Crippen LogP contribution in [0.4, 0.5) is 0 Å². The average Bonchev–Trinajstić information content (AvgIpc) is 0.899. The summed E-state index contributed by atoms with van der Waals surface area (Å²) in [5.74, 6) is -1.57. The van der Waals surface area contributed by atoms with Crippen LogP contribution >= 0.6 is 15.6 Å².